The van der Waals surface area contributed by atoms with E-state index in [0.29, 0.717) is 5.69 Å². The van der Waals surface area contributed by atoms with Gasteiger partial charge in [0.05, 0.1) is 22.4 Å². The SMILES string of the molecule is CN(C)c1ccc(C=NNC(=O)c2ccccc2NC(=O)c2ccc([N+](=O)[O-])cc2)cc1. The van der Waals surface area contributed by atoms with Gasteiger partial charge in [-0.05, 0) is 42.0 Å². The van der Waals surface area contributed by atoms with Crippen molar-refractivity contribution in [1.29, 1.82) is 0 Å². The predicted molar refractivity (Wildman–Crippen MR) is 123 cm³/mol. The summed E-state index contributed by atoms with van der Waals surface area (Å²) in [6.45, 7) is 0. The number of hydrazone groups is 1. The van der Waals surface area contributed by atoms with Gasteiger partial charge < -0.3 is 10.2 Å². The van der Waals surface area contributed by atoms with E-state index in [1.165, 1.54) is 30.5 Å². The summed E-state index contributed by atoms with van der Waals surface area (Å²) in [6.07, 6.45) is 1.52. The molecule has 162 valence electrons. The highest BCUT2D eigenvalue weighted by molar-refractivity contribution is 6.09. The third-order valence-electron chi connectivity index (χ3n) is 4.55. The van der Waals surface area contributed by atoms with Gasteiger partial charge in [0.2, 0.25) is 0 Å². The average molecular weight is 431 g/mol. The number of amides is 2. The number of para-hydroxylation sites is 1. The molecule has 2 amide bonds. The number of hydrogen-bond acceptors (Lipinski definition) is 6. The minimum Gasteiger partial charge on any atom is -0.378 e. The van der Waals surface area contributed by atoms with Crippen molar-refractivity contribution in [3.05, 3.63) is 99.6 Å². The number of nitrogens with zero attached hydrogens (tertiary/aromatic N) is 3. The van der Waals surface area contributed by atoms with Crippen molar-refractivity contribution < 1.29 is 14.5 Å². The summed E-state index contributed by atoms with van der Waals surface area (Å²) in [7, 11) is 3.89. The lowest BCUT2D eigenvalue weighted by Crippen LogP contribution is -2.21. The molecule has 0 spiro atoms. The summed E-state index contributed by atoms with van der Waals surface area (Å²) in [6, 6.07) is 19.3. The number of carbonyl (C=O) groups excluding carboxylic acids is 2. The normalized spacial score (nSPS) is 10.6. The number of anilines is 2. The van der Waals surface area contributed by atoms with E-state index in [4.69, 9.17) is 0 Å². The van der Waals surface area contributed by atoms with Crippen molar-refractivity contribution in [2.24, 2.45) is 5.10 Å². The molecule has 0 aromatic heterocycles. The van der Waals surface area contributed by atoms with Gasteiger partial charge in [0, 0.05) is 37.5 Å². The highest BCUT2D eigenvalue weighted by Gasteiger charge is 2.14. The summed E-state index contributed by atoms with van der Waals surface area (Å²) in [5.74, 6) is -0.990. The van der Waals surface area contributed by atoms with Crippen LogP contribution in [0.2, 0.25) is 0 Å². The van der Waals surface area contributed by atoms with Gasteiger partial charge in [-0.15, -0.1) is 0 Å². The molecule has 0 saturated heterocycles. The first-order valence-electron chi connectivity index (χ1n) is 9.61. The van der Waals surface area contributed by atoms with Gasteiger partial charge in [-0.2, -0.15) is 5.10 Å². The Kier molecular flexibility index (Phi) is 6.92. The minimum absolute atomic E-state index is 0.115. The maximum absolute atomic E-state index is 12.6. The Balaban J connectivity index is 1.67. The molecule has 9 heteroatoms. The molecule has 0 aliphatic carbocycles. The lowest BCUT2D eigenvalue weighted by atomic mass is 10.1. The number of rotatable bonds is 7. The number of carbonyl (C=O) groups is 2. The van der Waals surface area contributed by atoms with Crippen LogP contribution in [0, 0.1) is 10.1 Å². The largest absolute Gasteiger partial charge is 0.378 e. The Labute approximate surface area is 184 Å². The van der Waals surface area contributed by atoms with Gasteiger partial charge in [0.15, 0.2) is 0 Å². The van der Waals surface area contributed by atoms with Crippen molar-refractivity contribution in [3.8, 4) is 0 Å². The Morgan fingerprint density at radius 2 is 1.59 bits per heavy atom. The van der Waals surface area contributed by atoms with Gasteiger partial charge in [-0.25, -0.2) is 5.43 Å². The monoisotopic (exact) mass is 431 g/mol. The summed E-state index contributed by atoms with van der Waals surface area (Å²) >= 11 is 0. The number of non-ortho nitro benzene ring substituents is 1. The van der Waals surface area contributed by atoms with E-state index in [1.807, 2.05) is 43.3 Å². The Bertz CT molecular complexity index is 1160. The first-order valence-corrected chi connectivity index (χ1v) is 9.61. The summed E-state index contributed by atoms with van der Waals surface area (Å²) in [5.41, 5.74) is 4.94. The molecule has 0 heterocycles. The van der Waals surface area contributed by atoms with Crippen LogP contribution in [0.4, 0.5) is 17.1 Å². The molecule has 3 aromatic carbocycles. The predicted octanol–water partition coefficient (Wildman–Crippen LogP) is 3.68. The molecule has 0 saturated carbocycles. The zero-order chi connectivity index (χ0) is 23.1. The second-order valence-corrected chi connectivity index (χ2v) is 6.99. The van der Waals surface area contributed by atoms with Gasteiger partial charge in [-0.1, -0.05) is 24.3 Å². The molecule has 32 heavy (non-hydrogen) atoms. The van der Waals surface area contributed by atoms with Gasteiger partial charge in [0.25, 0.3) is 17.5 Å². The maximum Gasteiger partial charge on any atom is 0.273 e. The van der Waals surface area contributed by atoms with E-state index in [9.17, 15) is 19.7 Å². The van der Waals surface area contributed by atoms with E-state index >= 15 is 0 Å². The molecule has 0 bridgehead atoms. The molecule has 0 atom stereocenters. The van der Waals surface area contributed by atoms with Gasteiger partial charge >= 0.3 is 0 Å². The average Bonchev–Trinajstić information content (AvgIpc) is 2.79. The fourth-order valence-corrected chi connectivity index (χ4v) is 2.80. The fraction of sp³-hybridized carbons (Fsp3) is 0.0870. The van der Waals surface area contributed by atoms with Crippen molar-refractivity contribution >= 4 is 35.1 Å². The first-order chi connectivity index (χ1) is 15.3. The molecule has 0 aliphatic heterocycles. The molecule has 0 fully saturated rings. The zero-order valence-electron chi connectivity index (χ0n) is 17.5. The second-order valence-electron chi connectivity index (χ2n) is 6.99. The summed E-state index contributed by atoms with van der Waals surface area (Å²) in [4.78, 5) is 37.3. The molecule has 9 nitrogen and oxygen atoms in total. The van der Waals surface area contributed by atoms with E-state index < -0.39 is 16.7 Å². The lowest BCUT2D eigenvalue weighted by Gasteiger charge is -2.11. The van der Waals surface area contributed by atoms with Crippen molar-refractivity contribution in [1.82, 2.24) is 5.43 Å². The van der Waals surface area contributed by atoms with E-state index in [1.54, 1.807) is 24.3 Å². The van der Waals surface area contributed by atoms with Crippen LogP contribution in [-0.4, -0.2) is 37.0 Å². The molecule has 3 rings (SSSR count). The molecule has 0 aliphatic rings. The summed E-state index contributed by atoms with van der Waals surface area (Å²) in [5, 5.41) is 17.4. The first kappa shape index (κ1) is 22.2. The van der Waals surface area contributed by atoms with Crippen molar-refractivity contribution in [2.45, 2.75) is 0 Å². The number of hydrogen-bond donors (Lipinski definition) is 2. The van der Waals surface area contributed by atoms with Gasteiger partial charge in [0.1, 0.15) is 0 Å². The Morgan fingerprint density at radius 3 is 2.22 bits per heavy atom. The molecule has 2 N–H and O–H groups in total. The number of nitro groups is 1. The highest BCUT2D eigenvalue weighted by Crippen LogP contribution is 2.18. The van der Waals surface area contributed by atoms with E-state index in [0.717, 1.165) is 11.3 Å². The molecule has 0 unspecified atom stereocenters. The quantitative estimate of drug-likeness (QED) is 0.336. The van der Waals surface area contributed by atoms with Crippen LogP contribution in [0.3, 0.4) is 0 Å². The van der Waals surface area contributed by atoms with Crippen LogP contribution >= 0.6 is 0 Å². The second kappa shape index (κ2) is 9.98. The van der Waals surface area contributed by atoms with Crippen LogP contribution in [0.25, 0.3) is 0 Å². The van der Waals surface area contributed by atoms with Crippen LogP contribution < -0.4 is 15.6 Å². The lowest BCUT2D eigenvalue weighted by molar-refractivity contribution is -0.384. The van der Waals surface area contributed by atoms with Crippen molar-refractivity contribution in [3.63, 3.8) is 0 Å². The van der Waals surface area contributed by atoms with Crippen LogP contribution in [0.15, 0.2) is 77.9 Å². The standard InChI is InChI=1S/C23H21N5O4/c1-27(2)18-11-7-16(8-12-18)15-24-26-23(30)20-5-3-4-6-21(20)25-22(29)17-9-13-19(14-10-17)28(31)32/h3-15H,1-2H3,(H,25,29)(H,26,30). The Morgan fingerprint density at radius 1 is 0.938 bits per heavy atom. The maximum atomic E-state index is 12.6. The van der Waals surface area contributed by atoms with Crippen molar-refractivity contribution in [2.75, 3.05) is 24.3 Å². The van der Waals surface area contributed by atoms with Crippen LogP contribution in [0.5, 0.6) is 0 Å². The molecular formula is C23H21N5O4. The third-order valence-corrected chi connectivity index (χ3v) is 4.55. The third kappa shape index (κ3) is 5.54. The smallest absolute Gasteiger partial charge is 0.273 e. The van der Waals surface area contributed by atoms with Gasteiger partial charge in [-0.3, -0.25) is 19.7 Å². The van der Waals surface area contributed by atoms with E-state index in [2.05, 4.69) is 15.8 Å². The zero-order valence-corrected chi connectivity index (χ0v) is 17.5. The van der Waals surface area contributed by atoms with Crippen LogP contribution in [-0.2, 0) is 0 Å². The molecule has 3 aromatic rings. The van der Waals surface area contributed by atoms with Crippen LogP contribution in [0.1, 0.15) is 26.3 Å². The topological polar surface area (TPSA) is 117 Å². The molecule has 0 radical (unpaired) electrons. The Hall–Kier alpha value is -4.53. The molecular weight excluding hydrogens is 410 g/mol. The highest BCUT2D eigenvalue weighted by atomic mass is 16.6. The fourth-order valence-electron chi connectivity index (χ4n) is 2.80. The summed E-state index contributed by atoms with van der Waals surface area (Å²) < 4.78 is 0. The minimum atomic E-state index is -0.543. The van der Waals surface area contributed by atoms with E-state index in [-0.39, 0.29) is 16.8 Å². The number of nitro benzene ring substituents is 1. The number of nitrogens with one attached hydrogen (secondary N) is 2. The number of benzene rings is 3.